The van der Waals surface area contributed by atoms with Crippen molar-refractivity contribution in [3.63, 3.8) is 0 Å². The summed E-state index contributed by atoms with van der Waals surface area (Å²) in [5, 5.41) is 0. The van der Waals surface area contributed by atoms with Gasteiger partial charge in [0.05, 0.1) is 20.1 Å². The smallest absolute Gasteiger partial charge is 0.306 e. The second-order valence-corrected chi connectivity index (χ2v) is 4.83. The predicted molar refractivity (Wildman–Crippen MR) is 81.6 cm³/mol. The fraction of sp³-hybridized carbons (Fsp3) is 0.562. The van der Waals surface area contributed by atoms with Crippen LogP contribution in [0.15, 0.2) is 24.3 Å². The van der Waals surface area contributed by atoms with Gasteiger partial charge in [-0.05, 0) is 24.6 Å². The van der Waals surface area contributed by atoms with Crippen LogP contribution in [-0.2, 0) is 14.3 Å². The molecule has 0 aliphatic heterocycles. The Bertz CT molecular complexity index is 422. The minimum atomic E-state index is -0.197. The van der Waals surface area contributed by atoms with Crippen molar-refractivity contribution >= 4 is 5.97 Å². The van der Waals surface area contributed by atoms with Gasteiger partial charge in [-0.25, -0.2) is 0 Å². The molecule has 1 aromatic carbocycles. The number of rotatable bonds is 10. The van der Waals surface area contributed by atoms with Crippen LogP contribution in [-0.4, -0.2) is 57.9 Å². The summed E-state index contributed by atoms with van der Waals surface area (Å²) in [5.74, 6) is 0.673. The molecule has 0 aromatic heterocycles. The van der Waals surface area contributed by atoms with Crippen LogP contribution in [0.4, 0.5) is 0 Å². The minimum Gasteiger partial charge on any atom is -0.492 e. The van der Waals surface area contributed by atoms with E-state index < -0.39 is 0 Å². The maximum atomic E-state index is 11.2. The lowest BCUT2D eigenvalue weighted by atomic mass is 10.2. The van der Waals surface area contributed by atoms with Gasteiger partial charge in [0.2, 0.25) is 0 Å². The summed E-state index contributed by atoms with van der Waals surface area (Å²) in [5.41, 5.74) is 1.18. The second kappa shape index (κ2) is 10.2. The number of esters is 1. The zero-order chi connectivity index (χ0) is 15.5. The highest BCUT2D eigenvalue weighted by Crippen LogP contribution is 2.12. The van der Waals surface area contributed by atoms with Crippen molar-refractivity contribution < 1.29 is 19.0 Å². The topological polar surface area (TPSA) is 48.0 Å². The van der Waals surface area contributed by atoms with E-state index in [0.29, 0.717) is 26.2 Å². The monoisotopic (exact) mass is 295 g/mol. The van der Waals surface area contributed by atoms with E-state index in [9.17, 15) is 4.79 Å². The Kier molecular flexibility index (Phi) is 8.47. The van der Waals surface area contributed by atoms with Gasteiger partial charge in [-0.1, -0.05) is 12.1 Å². The Morgan fingerprint density at radius 2 is 1.90 bits per heavy atom. The number of ether oxygens (including phenoxy) is 3. The van der Waals surface area contributed by atoms with Gasteiger partial charge in [0.15, 0.2) is 0 Å². The fourth-order valence-corrected chi connectivity index (χ4v) is 1.90. The lowest BCUT2D eigenvalue weighted by Gasteiger charge is -2.21. The summed E-state index contributed by atoms with van der Waals surface area (Å²) in [6.07, 6.45) is 0.380. The van der Waals surface area contributed by atoms with E-state index in [1.54, 1.807) is 7.11 Å². The van der Waals surface area contributed by atoms with E-state index in [2.05, 4.69) is 9.64 Å². The lowest BCUT2D eigenvalue weighted by Crippen LogP contribution is -2.33. The van der Waals surface area contributed by atoms with Crippen molar-refractivity contribution in [2.75, 3.05) is 47.1 Å². The van der Waals surface area contributed by atoms with Crippen molar-refractivity contribution in [2.24, 2.45) is 0 Å². The van der Waals surface area contributed by atoms with Crippen LogP contribution in [0.3, 0.4) is 0 Å². The first-order valence-corrected chi connectivity index (χ1v) is 7.13. The number of carbonyl (C=O) groups excluding carboxylic acids is 1. The number of methoxy groups -OCH3 is 2. The van der Waals surface area contributed by atoms with Crippen molar-refractivity contribution in [1.29, 1.82) is 0 Å². The molecule has 0 unspecified atom stereocenters. The molecule has 0 atom stereocenters. The third-order valence-corrected chi connectivity index (χ3v) is 3.14. The van der Waals surface area contributed by atoms with Gasteiger partial charge in [-0.15, -0.1) is 0 Å². The number of benzene rings is 1. The van der Waals surface area contributed by atoms with Crippen LogP contribution >= 0.6 is 0 Å². The zero-order valence-electron chi connectivity index (χ0n) is 13.1. The van der Waals surface area contributed by atoms with Gasteiger partial charge < -0.3 is 14.2 Å². The van der Waals surface area contributed by atoms with Crippen LogP contribution in [0.25, 0.3) is 0 Å². The summed E-state index contributed by atoms with van der Waals surface area (Å²) < 4.78 is 15.5. The van der Waals surface area contributed by atoms with Crippen LogP contribution in [0.1, 0.15) is 12.0 Å². The van der Waals surface area contributed by atoms with E-state index in [1.165, 1.54) is 12.7 Å². The number of hydrogen-bond acceptors (Lipinski definition) is 5. The summed E-state index contributed by atoms with van der Waals surface area (Å²) in [6, 6.07) is 7.97. The molecule has 21 heavy (non-hydrogen) atoms. The molecule has 5 nitrogen and oxygen atoms in total. The van der Waals surface area contributed by atoms with Gasteiger partial charge in [0.1, 0.15) is 12.4 Å². The standard InChI is InChI=1S/C16H25NO4/c1-14-5-4-6-15(13-14)21-12-10-17(9-11-19-2)8-7-16(18)20-3/h4-6,13H,7-12H2,1-3H3. The maximum Gasteiger partial charge on any atom is 0.306 e. The second-order valence-electron chi connectivity index (χ2n) is 4.83. The first-order chi connectivity index (χ1) is 10.2. The average molecular weight is 295 g/mol. The molecule has 0 N–H and O–H groups in total. The van der Waals surface area contributed by atoms with Crippen molar-refractivity contribution in [2.45, 2.75) is 13.3 Å². The number of nitrogens with zero attached hydrogens (tertiary/aromatic N) is 1. The van der Waals surface area contributed by atoms with E-state index in [4.69, 9.17) is 9.47 Å². The van der Waals surface area contributed by atoms with Gasteiger partial charge in [-0.3, -0.25) is 9.69 Å². The van der Waals surface area contributed by atoms with Crippen molar-refractivity contribution in [3.05, 3.63) is 29.8 Å². The first-order valence-electron chi connectivity index (χ1n) is 7.13. The average Bonchev–Trinajstić information content (AvgIpc) is 2.49. The molecular weight excluding hydrogens is 270 g/mol. The molecule has 0 saturated carbocycles. The summed E-state index contributed by atoms with van der Waals surface area (Å²) in [4.78, 5) is 13.3. The number of carbonyl (C=O) groups is 1. The molecule has 1 rings (SSSR count). The molecular formula is C16H25NO4. The highest BCUT2D eigenvalue weighted by Gasteiger charge is 2.08. The molecule has 0 bridgehead atoms. The SMILES string of the molecule is COCCN(CCOc1cccc(C)c1)CCC(=O)OC. The molecule has 0 aliphatic carbocycles. The van der Waals surface area contributed by atoms with Crippen LogP contribution in [0.2, 0.25) is 0 Å². The number of aryl methyl sites for hydroxylation is 1. The van der Waals surface area contributed by atoms with Gasteiger partial charge in [0.25, 0.3) is 0 Å². The van der Waals surface area contributed by atoms with Crippen LogP contribution in [0.5, 0.6) is 5.75 Å². The van der Waals surface area contributed by atoms with Crippen LogP contribution < -0.4 is 4.74 Å². The van der Waals surface area contributed by atoms with Gasteiger partial charge >= 0.3 is 5.97 Å². The quantitative estimate of drug-likeness (QED) is 0.617. The molecule has 0 aliphatic rings. The Balaban J connectivity index is 2.35. The highest BCUT2D eigenvalue weighted by atomic mass is 16.5. The summed E-state index contributed by atoms with van der Waals surface area (Å²) >= 11 is 0. The molecule has 0 amide bonds. The number of hydrogen-bond donors (Lipinski definition) is 0. The third kappa shape index (κ3) is 7.68. The Morgan fingerprint density at radius 1 is 1.14 bits per heavy atom. The largest absolute Gasteiger partial charge is 0.492 e. The molecule has 5 heteroatoms. The van der Waals surface area contributed by atoms with Crippen molar-refractivity contribution in [1.82, 2.24) is 4.90 Å². The minimum absolute atomic E-state index is 0.197. The summed E-state index contributed by atoms with van der Waals surface area (Å²) in [6.45, 7) is 5.40. The van der Waals surface area contributed by atoms with Gasteiger partial charge in [-0.2, -0.15) is 0 Å². The summed E-state index contributed by atoms with van der Waals surface area (Å²) in [7, 11) is 3.07. The van der Waals surface area contributed by atoms with E-state index in [-0.39, 0.29) is 5.97 Å². The van der Waals surface area contributed by atoms with E-state index in [0.717, 1.165) is 18.8 Å². The molecule has 0 fully saturated rings. The maximum absolute atomic E-state index is 11.2. The molecule has 118 valence electrons. The molecule has 0 spiro atoms. The van der Waals surface area contributed by atoms with Crippen molar-refractivity contribution in [3.8, 4) is 5.75 Å². The molecule has 0 heterocycles. The first kappa shape index (κ1) is 17.5. The molecule has 0 radical (unpaired) electrons. The Morgan fingerprint density at radius 3 is 2.57 bits per heavy atom. The normalized spacial score (nSPS) is 10.7. The van der Waals surface area contributed by atoms with E-state index in [1.807, 2.05) is 31.2 Å². The molecule has 0 saturated heterocycles. The third-order valence-electron chi connectivity index (χ3n) is 3.14. The zero-order valence-corrected chi connectivity index (χ0v) is 13.1. The fourth-order valence-electron chi connectivity index (χ4n) is 1.90. The highest BCUT2D eigenvalue weighted by molar-refractivity contribution is 5.69. The Hall–Kier alpha value is -1.59. The lowest BCUT2D eigenvalue weighted by molar-refractivity contribution is -0.141. The Labute approximate surface area is 126 Å². The predicted octanol–water partition coefficient (Wildman–Crippen LogP) is 1.89. The van der Waals surface area contributed by atoms with Gasteiger partial charge in [0, 0.05) is 26.7 Å². The van der Waals surface area contributed by atoms with Crippen LogP contribution in [0, 0.1) is 6.92 Å². The van der Waals surface area contributed by atoms with E-state index >= 15 is 0 Å². The molecule has 1 aromatic rings.